The molecule has 0 saturated carbocycles. The fraction of sp³-hybridized carbons (Fsp3) is 0.833. The van der Waals surface area contributed by atoms with E-state index in [0.29, 0.717) is 19.6 Å². The number of hydroxylamine groups is 2. The van der Waals surface area contributed by atoms with Crippen LogP contribution in [-0.2, 0) is 9.53 Å². The van der Waals surface area contributed by atoms with E-state index in [-0.39, 0.29) is 6.04 Å². The van der Waals surface area contributed by atoms with Crippen molar-refractivity contribution >= 4 is 6.41 Å². The molecule has 0 bridgehead atoms. The largest absolute Gasteiger partial charge is 0.381 e. The SMILES string of the molecule is O=CN(O)C1CCOCC1. The second-order valence-corrected chi connectivity index (χ2v) is 2.33. The topological polar surface area (TPSA) is 49.8 Å². The van der Waals surface area contributed by atoms with Gasteiger partial charge in [0.2, 0.25) is 6.41 Å². The lowest BCUT2D eigenvalue weighted by Gasteiger charge is -2.25. The molecule has 1 saturated heterocycles. The predicted molar refractivity (Wildman–Crippen MR) is 33.5 cm³/mol. The summed E-state index contributed by atoms with van der Waals surface area (Å²) < 4.78 is 5.04. The highest BCUT2D eigenvalue weighted by Gasteiger charge is 2.18. The monoisotopic (exact) mass is 145 g/mol. The Hall–Kier alpha value is -0.610. The summed E-state index contributed by atoms with van der Waals surface area (Å²) in [7, 11) is 0. The number of hydrogen-bond donors (Lipinski definition) is 1. The minimum Gasteiger partial charge on any atom is -0.381 e. The summed E-state index contributed by atoms with van der Waals surface area (Å²) in [4.78, 5) is 10.0. The van der Waals surface area contributed by atoms with E-state index >= 15 is 0 Å². The van der Waals surface area contributed by atoms with Gasteiger partial charge in [0, 0.05) is 13.2 Å². The number of hydrogen-bond acceptors (Lipinski definition) is 3. The fourth-order valence-electron chi connectivity index (χ4n) is 1.04. The Balaban J connectivity index is 2.30. The standard InChI is InChI=1S/C6H11NO3/c8-5-7(9)6-1-3-10-4-2-6/h5-6,9H,1-4H2. The van der Waals surface area contributed by atoms with Crippen molar-refractivity contribution in [3.8, 4) is 0 Å². The maximum atomic E-state index is 10.0. The molecule has 0 aliphatic carbocycles. The van der Waals surface area contributed by atoms with Crippen LogP contribution in [0.15, 0.2) is 0 Å². The number of amides is 1. The van der Waals surface area contributed by atoms with Crippen molar-refractivity contribution in [2.45, 2.75) is 18.9 Å². The quantitative estimate of drug-likeness (QED) is 0.338. The van der Waals surface area contributed by atoms with E-state index < -0.39 is 0 Å². The summed E-state index contributed by atoms with van der Waals surface area (Å²) in [6.45, 7) is 1.27. The zero-order valence-corrected chi connectivity index (χ0v) is 5.69. The van der Waals surface area contributed by atoms with E-state index in [0.717, 1.165) is 17.9 Å². The first-order valence-electron chi connectivity index (χ1n) is 3.35. The van der Waals surface area contributed by atoms with Crippen molar-refractivity contribution in [1.82, 2.24) is 5.06 Å². The molecular weight excluding hydrogens is 134 g/mol. The second-order valence-electron chi connectivity index (χ2n) is 2.33. The molecule has 0 atom stereocenters. The average Bonchev–Trinajstić information content (AvgIpc) is 2.05. The Morgan fingerprint density at radius 2 is 2.10 bits per heavy atom. The minimum absolute atomic E-state index is 0.0359. The van der Waals surface area contributed by atoms with Crippen LogP contribution >= 0.6 is 0 Å². The number of ether oxygens (including phenoxy) is 1. The molecule has 1 fully saturated rings. The third kappa shape index (κ3) is 1.68. The molecule has 1 aliphatic rings. The molecule has 1 heterocycles. The summed E-state index contributed by atoms with van der Waals surface area (Å²) in [5.74, 6) is 0. The lowest BCUT2D eigenvalue weighted by Crippen LogP contribution is -2.35. The highest BCUT2D eigenvalue weighted by Crippen LogP contribution is 2.10. The number of rotatable bonds is 2. The molecule has 58 valence electrons. The first-order valence-corrected chi connectivity index (χ1v) is 3.35. The molecule has 0 aromatic rings. The van der Waals surface area contributed by atoms with Gasteiger partial charge in [-0.1, -0.05) is 0 Å². The number of nitrogens with zero attached hydrogens (tertiary/aromatic N) is 1. The molecule has 1 rings (SSSR count). The van der Waals surface area contributed by atoms with Crippen LogP contribution in [-0.4, -0.2) is 35.9 Å². The fourth-order valence-corrected chi connectivity index (χ4v) is 1.04. The lowest BCUT2D eigenvalue weighted by molar-refractivity contribution is -0.167. The van der Waals surface area contributed by atoms with Crippen LogP contribution in [0, 0.1) is 0 Å². The van der Waals surface area contributed by atoms with Gasteiger partial charge in [-0.2, -0.15) is 0 Å². The summed E-state index contributed by atoms with van der Waals surface area (Å²) in [6, 6.07) is -0.0359. The number of carbonyl (C=O) groups excluding carboxylic acids is 1. The molecule has 4 nitrogen and oxygen atoms in total. The predicted octanol–water partition coefficient (Wildman–Crippen LogP) is 0.0130. The zero-order chi connectivity index (χ0) is 7.40. The second kappa shape index (κ2) is 3.53. The Morgan fingerprint density at radius 3 is 2.60 bits per heavy atom. The van der Waals surface area contributed by atoms with E-state index in [9.17, 15) is 4.79 Å². The third-order valence-corrected chi connectivity index (χ3v) is 1.67. The maximum absolute atomic E-state index is 10.0. The molecule has 1 N–H and O–H groups in total. The highest BCUT2D eigenvalue weighted by molar-refractivity contribution is 5.45. The summed E-state index contributed by atoms with van der Waals surface area (Å²) in [6.07, 6.45) is 1.90. The number of carbonyl (C=O) groups is 1. The van der Waals surface area contributed by atoms with E-state index in [1.807, 2.05) is 0 Å². The normalized spacial score (nSPS) is 20.5. The van der Waals surface area contributed by atoms with Gasteiger partial charge in [0.05, 0.1) is 6.04 Å². The van der Waals surface area contributed by atoms with Crippen molar-refractivity contribution in [3.63, 3.8) is 0 Å². The lowest BCUT2D eigenvalue weighted by atomic mass is 10.1. The smallest absolute Gasteiger partial charge is 0.233 e. The van der Waals surface area contributed by atoms with Crippen LogP contribution < -0.4 is 0 Å². The van der Waals surface area contributed by atoms with Crippen molar-refractivity contribution in [1.29, 1.82) is 0 Å². The van der Waals surface area contributed by atoms with Crippen LogP contribution in [0.3, 0.4) is 0 Å². The molecule has 10 heavy (non-hydrogen) atoms. The summed E-state index contributed by atoms with van der Waals surface area (Å²) >= 11 is 0. The Morgan fingerprint density at radius 1 is 1.50 bits per heavy atom. The average molecular weight is 145 g/mol. The van der Waals surface area contributed by atoms with Crippen molar-refractivity contribution in [3.05, 3.63) is 0 Å². The van der Waals surface area contributed by atoms with Gasteiger partial charge in [0.1, 0.15) is 0 Å². The van der Waals surface area contributed by atoms with Crippen LogP contribution in [0.4, 0.5) is 0 Å². The molecule has 4 heteroatoms. The Bertz CT molecular complexity index is 112. The first kappa shape index (κ1) is 7.50. The van der Waals surface area contributed by atoms with E-state index in [2.05, 4.69) is 0 Å². The minimum atomic E-state index is -0.0359. The van der Waals surface area contributed by atoms with Gasteiger partial charge in [-0.15, -0.1) is 0 Å². The van der Waals surface area contributed by atoms with Crippen molar-refractivity contribution < 1.29 is 14.7 Å². The van der Waals surface area contributed by atoms with Gasteiger partial charge in [-0.05, 0) is 12.8 Å². The summed E-state index contributed by atoms with van der Waals surface area (Å²) in [5, 5.41) is 9.62. The molecule has 0 radical (unpaired) electrons. The highest BCUT2D eigenvalue weighted by atomic mass is 16.5. The van der Waals surface area contributed by atoms with Gasteiger partial charge in [0.15, 0.2) is 0 Å². The molecule has 0 aromatic heterocycles. The van der Waals surface area contributed by atoms with E-state index in [1.54, 1.807) is 0 Å². The van der Waals surface area contributed by atoms with E-state index in [4.69, 9.17) is 9.94 Å². The van der Waals surface area contributed by atoms with Crippen LogP contribution in [0.2, 0.25) is 0 Å². The molecule has 0 unspecified atom stereocenters. The third-order valence-electron chi connectivity index (χ3n) is 1.67. The van der Waals surface area contributed by atoms with Crippen molar-refractivity contribution in [2.24, 2.45) is 0 Å². The molecule has 1 amide bonds. The van der Waals surface area contributed by atoms with Gasteiger partial charge in [0.25, 0.3) is 0 Å². The molecule has 0 spiro atoms. The van der Waals surface area contributed by atoms with Crippen LogP contribution in [0.5, 0.6) is 0 Å². The van der Waals surface area contributed by atoms with Gasteiger partial charge in [-0.25, -0.2) is 5.06 Å². The van der Waals surface area contributed by atoms with E-state index in [1.165, 1.54) is 0 Å². The molecule has 1 aliphatic heterocycles. The summed E-state index contributed by atoms with van der Waals surface area (Å²) in [5.41, 5.74) is 0. The zero-order valence-electron chi connectivity index (χ0n) is 5.69. The maximum Gasteiger partial charge on any atom is 0.233 e. The Labute approximate surface area is 59.3 Å². The van der Waals surface area contributed by atoms with Crippen molar-refractivity contribution in [2.75, 3.05) is 13.2 Å². The van der Waals surface area contributed by atoms with Gasteiger partial charge < -0.3 is 4.74 Å². The molecular formula is C6H11NO3. The van der Waals surface area contributed by atoms with Crippen LogP contribution in [0.1, 0.15) is 12.8 Å². The molecule has 0 aromatic carbocycles. The van der Waals surface area contributed by atoms with Gasteiger partial charge >= 0.3 is 0 Å². The van der Waals surface area contributed by atoms with Crippen LogP contribution in [0.25, 0.3) is 0 Å². The van der Waals surface area contributed by atoms with Gasteiger partial charge in [-0.3, -0.25) is 10.0 Å². The first-order chi connectivity index (χ1) is 4.84. The Kier molecular flexibility index (Phi) is 2.65.